The average molecular weight is 244 g/mol. The second-order valence-electron chi connectivity index (χ2n) is 5.37. The zero-order valence-electron chi connectivity index (χ0n) is 11.2. The van der Waals surface area contributed by atoms with Crippen molar-refractivity contribution in [2.75, 3.05) is 13.7 Å². The molecule has 0 unspecified atom stereocenters. The molecule has 0 aliphatic rings. The highest BCUT2D eigenvalue weighted by molar-refractivity contribution is 5.87. The van der Waals surface area contributed by atoms with Crippen molar-refractivity contribution in [2.24, 2.45) is 11.1 Å². The zero-order valence-corrected chi connectivity index (χ0v) is 11.2. The Balaban J connectivity index is 2.53. The predicted molar refractivity (Wildman–Crippen MR) is 74.8 cm³/mol. The smallest absolute Gasteiger partial charge is 0.145 e. The lowest BCUT2D eigenvalue weighted by Crippen LogP contribution is -2.26. The fourth-order valence-corrected chi connectivity index (χ4v) is 2.11. The van der Waals surface area contributed by atoms with Crippen LogP contribution < -0.4 is 10.5 Å². The first kappa shape index (κ1) is 12.8. The highest BCUT2D eigenvalue weighted by Gasteiger charge is 2.18. The van der Waals surface area contributed by atoms with Gasteiger partial charge in [-0.3, -0.25) is 4.98 Å². The van der Waals surface area contributed by atoms with Gasteiger partial charge in [-0.15, -0.1) is 0 Å². The first-order chi connectivity index (χ1) is 8.57. The van der Waals surface area contributed by atoms with Gasteiger partial charge in [-0.2, -0.15) is 0 Å². The van der Waals surface area contributed by atoms with Crippen molar-refractivity contribution in [2.45, 2.75) is 20.3 Å². The van der Waals surface area contributed by atoms with Gasteiger partial charge >= 0.3 is 0 Å². The Labute approximate surface area is 108 Å². The Morgan fingerprint density at radius 2 is 2.06 bits per heavy atom. The molecule has 1 aromatic heterocycles. The van der Waals surface area contributed by atoms with Gasteiger partial charge in [0, 0.05) is 11.6 Å². The standard InChI is InChI=1S/C15H20N2O/c1-15(2,10-16)9-11-6-7-13(18-3)14-12(11)5-4-8-17-14/h4-8H,9-10,16H2,1-3H3. The summed E-state index contributed by atoms with van der Waals surface area (Å²) in [4.78, 5) is 4.41. The number of fused-ring (bicyclic) bond motifs is 1. The molecule has 2 rings (SSSR count). The van der Waals surface area contributed by atoms with E-state index in [0.29, 0.717) is 6.54 Å². The van der Waals surface area contributed by atoms with Crippen LogP contribution in [0.3, 0.4) is 0 Å². The molecule has 1 aromatic carbocycles. The third-order valence-electron chi connectivity index (χ3n) is 3.26. The van der Waals surface area contributed by atoms with Crippen molar-refractivity contribution in [3.8, 4) is 5.75 Å². The lowest BCUT2D eigenvalue weighted by molar-refractivity contribution is 0.377. The van der Waals surface area contributed by atoms with Crippen LogP contribution in [0, 0.1) is 5.41 Å². The summed E-state index contributed by atoms with van der Waals surface area (Å²) in [7, 11) is 1.67. The van der Waals surface area contributed by atoms with Crippen LogP contribution in [0.5, 0.6) is 5.75 Å². The molecule has 3 nitrogen and oxygen atoms in total. The molecule has 0 amide bonds. The van der Waals surface area contributed by atoms with E-state index in [2.05, 4.69) is 31.0 Å². The minimum atomic E-state index is 0.0946. The molecule has 1 heterocycles. The van der Waals surface area contributed by atoms with Crippen molar-refractivity contribution < 1.29 is 4.74 Å². The van der Waals surface area contributed by atoms with E-state index in [1.807, 2.05) is 12.1 Å². The summed E-state index contributed by atoms with van der Waals surface area (Å²) >= 11 is 0. The number of hydrogen-bond acceptors (Lipinski definition) is 3. The van der Waals surface area contributed by atoms with Crippen LogP contribution in [0.2, 0.25) is 0 Å². The van der Waals surface area contributed by atoms with E-state index in [1.165, 1.54) is 5.56 Å². The summed E-state index contributed by atoms with van der Waals surface area (Å²) in [5, 5.41) is 1.15. The first-order valence-corrected chi connectivity index (χ1v) is 6.18. The lowest BCUT2D eigenvalue weighted by atomic mass is 9.84. The van der Waals surface area contributed by atoms with E-state index in [0.717, 1.165) is 23.1 Å². The molecule has 2 N–H and O–H groups in total. The number of nitrogens with two attached hydrogens (primary N) is 1. The number of pyridine rings is 1. The van der Waals surface area contributed by atoms with E-state index >= 15 is 0 Å². The molecule has 0 radical (unpaired) electrons. The summed E-state index contributed by atoms with van der Waals surface area (Å²) in [6, 6.07) is 8.14. The second-order valence-corrected chi connectivity index (χ2v) is 5.37. The van der Waals surface area contributed by atoms with E-state index in [9.17, 15) is 0 Å². The van der Waals surface area contributed by atoms with Gasteiger partial charge in [0.05, 0.1) is 7.11 Å². The van der Waals surface area contributed by atoms with Gasteiger partial charge in [0.15, 0.2) is 0 Å². The molecule has 0 atom stereocenters. The van der Waals surface area contributed by atoms with Crippen LogP contribution in [0.1, 0.15) is 19.4 Å². The molecule has 0 spiro atoms. The van der Waals surface area contributed by atoms with E-state index in [1.54, 1.807) is 13.3 Å². The number of rotatable bonds is 4. The van der Waals surface area contributed by atoms with Gasteiger partial charge in [-0.1, -0.05) is 26.0 Å². The summed E-state index contributed by atoms with van der Waals surface area (Å²) in [5.74, 6) is 0.819. The number of aromatic nitrogens is 1. The molecule has 0 saturated carbocycles. The highest BCUT2D eigenvalue weighted by atomic mass is 16.5. The first-order valence-electron chi connectivity index (χ1n) is 6.18. The van der Waals surface area contributed by atoms with Crippen LogP contribution in [0.4, 0.5) is 0 Å². The minimum Gasteiger partial charge on any atom is -0.494 e. The monoisotopic (exact) mass is 244 g/mol. The summed E-state index contributed by atoms with van der Waals surface area (Å²) in [6.07, 6.45) is 2.73. The van der Waals surface area contributed by atoms with E-state index in [-0.39, 0.29) is 5.41 Å². The Morgan fingerprint density at radius 3 is 2.72 bits per heavy atom. The molecule has 0 fully saturated rings. The van der Waals surface area contributed by atoms with Gasteiger partial charge in [-0.05, 0) is 36.1 Å². The molecule has 18 heavy (non-hydrogen) atoms. The summed E-state index contributed by atoms with van der Waals surface area (Å²) in [5.41, 5.74) is 8.10. The number of nitrogens with zero attached hydrogens (tertiary/aromatic N) is 1. The predicted octanol–water partition coefficient (Wildman–Crippen LogP) is 2.77. The average Bonchev–Trinajstić information content (AvgIpc) is 2.39. The number of hydrogen-bond donors (Lipinski definition) is 1. The molecular weight excluding hydrogens is 224 g/mol. The Bertz CT molecular complexity index is 549. The van der Waals surface area contributed by atoms with Crippen molar-refractivity contribution in [1.29, 1.82) is 0 Å². The van der Waals surface area contributed by atoms with Crippen molar-refractivity contribution >= 4 is 10.9 Å². The summed E-state index contributed by atoms with van der Waals surface area (Å²) < 4.78 is 5.35. The second kappa shape index (κ2) is 4.94. The van der Waals surface area contributed by atoms with Gasteiger partial charge in [0.25, 0.3) is 0 Å². The molecule has 0 aliphatic heterocycles. The lowest BCUT2D eigenvalue weighted by Gasteiger charge is -2.23. The number of ether oxygens (including phenoxy) is 1. The molecule has 0 saturated heterocycles. The molecule has 96 valence electrons. The van der Waals surface area contributed by atoms with Crippen LogP contribution in [-0.2, 0) is 6.42 Å². The van der Waals surface area contributed by atoms with E-state index in [4.69, 9.17) is 10.5 Å². The Morgan fingerprint density at radius 1 is 1.28 bits per heavy atom. The third kappa shape index (κ3) is 2.46. The maximum Gasteiger partial charge on any atom is 0.145 e. The van der Waals surface area contributed by atoms with Crippen molar-refractivity contribution in [3.63, 3.8) is 0 Å². The van der Waals surface area contributed by atoms with Crippen LogP contribution in [0.15, 0.2) is 30.5 Å². The largest absolute Gasteiger partial charge is 0.494 e. The van der Waals surface area contributed by atoms with Crippen LogP contribution in [-0.4, -0.2) is 18.6 Å². The van der Waals surface area contributed by atoms with Gasteiger partial charge in [-0.25, -0.2) is 0 Å². The molecule has 3 heteroatoms. The maximum atomic E-state index is 5.81. The molecule has 0 aliphatic carbocycles. The minimum absolute atomic E-state index is 0.0946. The normalized spacial score (nSPS) is 11.8. The topological polar surface area (TPSA) is 48.1 Å². The van der Waals surface area contributed by atoms with Gasteiger partial charge in [0.1, 0.15) is 11.3 Å². The van der Waals surface area contributed by atoms with Gasteiger partial charge in [0.2, 0.25) is 0 Å². The van der Waals surface area contributed by atoms with Crippen molar-refractivity contribution in [1.82, 2.24) is 4.98 Å². The summed E-state index contributed by atoms with van der Waals surface area (Å²) in [6.45, 7) is 5.03. The van der Waals surface area contributed by atoms with E-state index < -0.39 is 0 Å². The van der Waals surface area contributed by atoms with Crippen LogP contribution >= 0.6 is 0 Å². The fraction of sp³-hybridized carbons (Fsp3) is 0.400. The fourth-order valence-electron chi connectivity index (χ4n) is 2.11. The maximum absolute atomic E-state index is 5.81. The Kier molecular flexibility index (Phi) is 3.53. The zero-order chi connectivity index (χ0) is 13.2. The number of methoxy groups -OCH3 is 1. The molecule has 2 aromatic rings. The molecule has 0 bridgehead atoms. The molecular formula is C15H20N2O. The quantitative estimate of drug-likeness (QED) is 0.899. The number of benzene rings is 1. The Hall–Kier alpha value is -1.61. The highest BCUT2D eigenvalue weighted by Crippen LogP contribution is 2.30. The van der Waals surface area contributed by atoms with Crippen molar-refractivity contribution in [3.05, 3.63) is 36.0 Å². The third-order valence-corrected chi connectivity index (χ3v) is 3.26. The SMILES string of the molecule is COc1ccc(CC(C)(C)CN)c2cccnc12. The van der Waals surface area contributed by atoms with Gasteiger partial charge < -0.3 is 10.5 Å². The van der Waals surface area contributed by atoms with Crippen LogP contribution in [0.25, 0.3) is 10.9 Å².